The molecule has 1 amide bonds. The summed E-state index contributed by atoms with van der Waals surface area (Å²) in [7, 11) is 1.57. The third-order valence-corrected chi connectivity index (χ3v) is 1.95. The second kappa shape index (κ2) is 5.80. The Morgan fingerprint density at radius 3 is 2.81 bits per heavy atom. The molecule has 86 valence electrons. The molecule has 0 heterocycles. The highest BCUT2D eigenvalue weighted by atomic mass is 16.5. The Labute approximate surface area is 94.7 Å². The van der Waals surface area contributed by atoms with Crippen molar-refractivity contribution < 1.29 is 14.3 Å². The summed E-state index contributed by atoms with van der Waals surface area (Å²) in [5.41, 5.74) is 5.80. The summed E-state index contributed by atoms with van der Waals surface area (Å²) in [6, 6.07) is 5.45. The first-order chi connectivity index (χ1) is 7.69. The van der Waals surface area contributed by atoms with Crippen molar-refractivity contribution in [1.29, 1.82) is 0 Å². The molecule has 1 aromatic carbocycles. The summed E-state index contributed by atoms with van der Waals surface area (Å²) >= 11 is 0. The van der Waals surface area contributed by atoms with Crippen LogP contribution in [0.3, 0.4) is 0 Å². The third-order valence-electron chi connectivity index (χ3n) is 1.95. The van der Waals surface area contributed by atoms with Crippen LogP contribution in [0.15, 0.2) is 24.3 Å². The maximum absolute atomic E-state index is 10.7. The molecular weight excluding hydrogens is 206 g/mol. The largest absolute Gasteiger partial charge is 0.493 e. The number of carbonyl (C=O) groups is 1. The molecular formula is C12H15NO3. The van der Waals surface area contributed by atoms with Crippen molar-refractivity contribution in [3.05, 3.63) is 29.8 Å². The standard InChI is InChI=1S/C12H15NO3/c1-3-16-12-9(7-8-11(13)14)5-4-6-10(12)15-2/h4-8H,3H2,1-2H3,(H2,13,14). The number of carbonyl (C=O) groups excluding carboxylic acids is 1. The molecule has 0 saturated heterocycles. The number of amides is 1. The number of methoxy groups -OCH3 is 1. The maximum atomic E-state index is 10.7. The van der Waals surface area contributed by atoms with Crippen LogP contribution in [-0.2, 0) is 4.79 Å². The minimum atomic E-state index is -0.495. The lowest BCUT2D eigenvalue weighted by atomic mass is 10.1. The van der Waals surface area contributed by atoms with E-state index >= 15 is 0 Å². The monoisotopic (exact) mass is 221 g/mol. The van der Waals surface area contributed by atoms with Crippen LogP contribution in [0.2, 0.25) is 0 Å². The maximum Gasteiger partial charge on any atom is 0.241 e. The molecule has 4 nitrogen and oxygen atoms in total. The topological polar surface area (TPSA) is 61.5 Å². The van der Waals surface area contributed by atoms with E-state index in [9.17, 15) is 4.79 Å². The van der Waals surface area contributed by atoms with E-state index in [2.05, 4.69) is 0 Å². The number of ether oxygens (including phenoxy) is 2. The van der Waals surface area contributed by atoms with Gasteiger partial charge < -0.3 is 15.2 Å². The molecule has 1 rings (SSSR count). The average Bonchev–Trinajstić information content (AvgIpc) is 2.27. The van der Waals surface area contributed by atoms with Gasteiger partial charge in [0, 0.05) is 11.6 Å². The number of nitrogens with two attached hydrogens (primary N) is 1. The SMILES string of the molecule is CCOc1c(C=CC(N)=O)cccc1OC. The number of benzene rings is 1. The fraction of sp³-hybridized carbons (Fsp3) is 0.250. The molecule has 2 N–H and O–H groups in total. The minimum Gasteiger partial charge on any atom is -0.493 e. The molecule has 0 unspecified atom stereocenters. The molecule has 0 aliphatic heterocycles. The third kappa shape index (κ3) is 3.02. The van der Waals surface area contributed by atoms with Gasteiger partial charge in [-0.25, -0.2) is 0 Å². The van der Waals surface area contributed by atoms with Crippen molar-refractivity contribution in [3.8, 4) is 11.5 Å². The lowest BCUT2D eigenvalue weighted by molar-refractivity contribution is -0.113. The fourth-order valence-electron chi connectivity index (χ4n) is 1.30. The summed E-state index contributed by atoms with van der Waals surface area (Å²) in [5, 5.41) is 0. The fourth-order valence-corrected chi connectivity index (χ4v) is 1.30. The Morgan fingerprint density at radius 2 is 2.25 bits per heavy atom. The lowest BCUT2D eigenvalue weighted by Gasteiger charge is -2.11. The average molecular weight is 221 g/mol. The quantitative estimate of drug-likeness (QED) is 0.768. The van der Waals surface area contributed by atoms with Gasteiger partial charge in [-0.2, -0.15) is 0 Å². The van der Waals surface area contributed by atoms with Gasteiger partial charge in [-0.3, -0.25) is 4.79 Å². The van der Waals surface area contributed by atoms with Crippen LogP contribution >= 0.6 is 0 Å². The van der Waals surface area contributed by atoms with Gasteiger partial charge in [0.25, 0.3) is 0 Å². The van der Waals surface area contributed by atoms with Crippen molar-refractivity contribution in [2.24, 2.45) is 5.73 Å². The number of hydrogen-bond donors (Lipinski definition) is 1. The van der Waals surface area contributed by atoms with Crippen molar-refractivity contribution >= 4 is 12.0 Å². The van der Waals surface area contributed by atoms with Gasteiger partial charge in [-0.1, -0.05) is 12.1 Å². The second-order valence-electron chi connectivity index (χ2n) is 3.05. The zero-order valence-corrected chi connectivity index (χ0v) is 9.40. The van der Waals surface area contributed by atoms with Crippen LogP contribution in [-0.4, -0.2) is 19.6 Å². The lowest BCUT2D eigenvalue weighted by Crippen LogP contribution is -2.05. The highest BCUT2D eigenvalue weighted by Gasteiger charge is 2.07. The number of para-hydroxylation sites is 1. The first-order valence-electron chi connectivity index (χ1n) is 4.96. The van der Waals surface area contributed by atoms with Crippen molar-refractivity contribution in [1.82, 2.24) is 0 Å². The molecule has 0 fully saturated rings. The van der Waals surface area contributed by atoms with E-state index in [-0.39, 0.29) is 0 Å². The van der Waals surface area contributed by atoms with Crippen molar-refractivity contribution in [3.63, 3.8) is 0 Å². The molecule has 16 heavy (non-hydrogen) atoms. The minimum absolute atomic E-state index is 0.495. The highest BCUT2D eigenvalue weighted by Crippen LogP contribution is 2.31. The summed E-state index contributed by atoms with van der Waals surface area (Å²) in [6.45, 7) is 2.41. The normalized spacial score (nSPS) is 10.4. The Morgan fingerprint density at radius 1 is 1.50 bits per heavy atom. The van der Waals surface area contributed by atoms with E-state index in [0.717, 1.165) is 5.56 Å². The molecule has 0 aliphatic carbocycles. The molecule has 4 heteroatoms. The van der Waals surface area contributed by atoms with E-state index in [1.807, 2.05) is 19.1 Å². The second-order valence-corrected chi connectivity index (χ2v) is 3.05. The van der Waals surface area contributed by atoms with Gasteiger partial charge in [0.15, 0.2) is 11.5 Å². The van der Waals surface area contributed by atoms with Crippen LogP contribution in [0.1, 0.15) is 12.5 Å². The van der Waals surface area contributed by atoms with E-state index in [1.54, 1.807) is 19.3 Å². The highest BCUT2D eigenvalue weighted by molar-refractivity contribution is 5.90. The summed E-state index contributed by atoms with van der Waals surface area (Å²) in [6.07, 6.45) is 2.90. The molecule has 0 aromatic heterocycles. The van der Waals surface area contributed by atoms with Gasteiger partial charge in [0.1, 0.15) is 0 Å². The Hall–Kier alpha value is -1.97. The van der Waals surface area contributed by atoms with Gasteiger partial charge in [-0.05, 0) is 19.1 Å². The molecule has 0 bridgehead atoms. The van der Waals surface area contributed by atoms with Crippen molar-refractivity contribution in [2.45, 2.75) is 6.92 Å². The number of primary amides is 1. The molecule has 0 saturated carbocycles. The zero-order chi connectivity index (χ0) is 12.0. The number of rotatable bonds is 5. The predicted molar refractivity (Wildman–Crippen MR) is 62.4 cm³/mol. The Bertz CT molecular complexity index is 399. The van der Waals surface area contributed by atoms with E-state index in [0.29, 0.717) is 18.1 Å². The first-order valence-corrected chi connectivity index (χ1v) is 4.96. The van der Waals surface area contributed by atoms with Gasteiger partial charge in [-0.15, -0.1) is 0 Å². The summed E-state index contributed by atoms with van der Waals surface area (Å²) < 4.78 is 10.6. The number of hydrogen-bond acceptors (Lipinski definition) is 3. The Kier molecular flexibility index (Phi) is 4.39. The van der Waals surface area contributed by atoms with Crippen LogP contribution in [0, 0.1) is 0 Å². The van der Waals surface area contributed by atoms with Gasteiger partial charge in [0.2, 0.25) is 5.91 Å². The van der Waals surface area contributed by atoms with Crippen molar-refractivity contribution in [2.75, 3.05) is 13.7 Å². The van der Waals surface area contributed by atoms with E-state index < -0.39 is 5.91 Å². The molecule has 1 aromatic rings. The van der Waals surface area contributed by atoms with Crippen LogP contribution in [0.4, 0.5) is 0 Å². The zero-order valence-electron chi connectivity index (χ0n) is 9.40. The van der Waals surface area contributed by atoms with Crippen LogP contribution in [0.25, 0.3) is 6.08 Å². The molecule has 0 atom stereocenters. The Balaban J connectivity index is 3.10. The van der Waals surface area contributed by atoms with Gasteiger partial charge >= 0.3 is 0 Å². The molecule has 0 spiro atoms. The first kappa shape index (κ1) is 12.1. The molecule has 0 radical (unpaired) electrons. The van der Waals surface area contributed by atoms with Crippen LogP contribution in [0.5, 0.6) is 11.5 Å². The van der Waals surface area contributed by atoms with Crippen LogP contribution < -0.4 is 15.2 Å². The van der Waals surface area contributed by atoms with Gasteiger partial charge in [0.05, 0.1) is 13.7 Å². The smallest absolute Gasteiger partial charge is 0.241 e. The van der Waals surface area contributed by atoms with E-state index in [4.69, 9.17) is 15.2 Å². The summed E-state index contributed by atoms with van der Waals surface area (Å²) in [5.74, 6) is 0.753. The predicted octanol–water partition coefficient (Wildman–Crippen LogP) is 1.59. The van der Waals surface area contributed by atoms with E-state index in [1.165, 1.54) is 6.08 Å². The summed E-state index contributed by atoms with van der Waals surface area (Å²) in [4.78, 5) is 10.7. The molecule has 0 aliphatic rings.